The third-order valence-corrected chi connectivity index (χ3v) is 9.58. The largest absolute Gasteiger partial charge is 0.243 e. The quantitative estimate of drug-likeness (QED) is 0.779. The fourth-order valence-corrected chi connectivity index (χ4v) is 7.31. The number of sulfonamides is 2. The summed E-state index contributed by atoms with van der Waals surface area (Å²) in [7, 11) is -7.17. The normalized spacial score (nSPS) is 26.7. The van der Waals surface area contributed by atoms with Gasteiger partial charge in [0.2, 0.25) is 20.0 Å². The fraction of sp³-hybridized carbons (Fsp3) is 0.667. The lowest BCUT2D eigenvalue weighted by atomic mass is 10.1. The van der Waals surface area contributed by atoms with Crippen LogP contribution in [0, 0.1) is 0 Å². The molecule has 2 aliphatic rings. The molecule has 2 saturated heterocycles. The van der Waals surface area contributed by atoms with E-state index in [-0.39, 0.29) is 21.9 Å². The first kappa shape index (κ1) is 19.8. The van der Waals surface area contributed by atoms with Crippen LogP contribution in [0.15, 0.2) is 34.1 Å². The summed E-state index contributed by atoms with van der Waals surface area (Å²) in [5.41, 5.74) is 0. The number of hydrogen-bond acceptors (Lipinski definition) is 4. The Bertz CT molecular complexity index is 763. The molecule has 2 atom stereocenters. The van der Waals surface area contributed by atoms with Crippen molar-refractivity contribution in [2.45, 2.75) is 74.2 Å². The van der Waals surface area contributed by atoms with E-state index in [0.717, 1.165) is 38.5 Å². The minimum absolute atomic E-state index is 0.0219. The predicted octanol–water partition coefficient (Wildman–Crippen LogP) is 2.81. The zero-order chi connectivity index (χ0) is 18.9. The van der Waals surface area contributed by atoms with Gasteiger partial charge in [-0.2, -0.15) is 8.61 Å². The zero-order valence-electron chi connectivity index (χ0n) is 15.5. The SMILES string of the molecule is C[C@@H]1CCCCN1S(=O)(=O)c1ccc(S(=O)(=O)N2CCCC[C@H]2C)cc1. The van der Waals surface area contributed by atoms with E-state index in [9.17, 15) is 16.8 Å². The van der Waals surface area contributed by atoms with Crippen LogP contribution in [0.4, 0.5) is 0 Å². The summed E-state index contributed by atoms with van der Waals surface area (Å²) in [5, 5.41) is 0. The fourth-order valence-electron chi connectivity index (χ4n) is 3.91. The van der Waals surface area contributed by atoms with E-state index >= 15 is 0 Å². The Hall–Kier alpha value is -0.960. The van der Waals surface area contributed by atoms with Gasteiger partial charge >= 0.3 is 0 Å². The topological polar surface area (TPSA) is 74.8 Å². The highest BCUT2D eigenvalue weighted by atomic mass is 32.2. The number of rotatable bonds is 4. The molecule has 0 spiro atoms. The van der Waals surface area contributed by atoms with Crippen molar-refractivity contribution in [3.8, 4) is 0 Å². The molecule has 2 heterocycles. The number of nitrogens with zero attached hydrogens (tertiary/aromatic N) is 2. The van der Waals surface area contributed by atoms with Crippen LogP contribution in [0.5, 0.6) is 0 Å². The molecule has 6 nitrogen and oxygen atoms in total. The van der Waals surface area contributed by atoms with Crippen LogP contribution in [0.25, 0.3) is 0 Å². The molecule has 0 saturated carbocycles. The monoisotopic (exact) mass is 400 g/mol. The zero-order valence-corrected chi connectivity index (χ0v) is 17.1. The summed E-state index contributed by atoms with van der Waals surface area (Å²) < 4.78 is 54.6. The molecule has 0 radical (unpaired) electrons. The Kier molecular flexibility index (Phi) is 5.77. The van der Waals surface area contributed by atoms with Crippen molar-refractivity contribution in [2.75, 3.05) is 13.1 Å². The maximum Gasteiger partial charge on any atom is 0.243 e. The number of piperidine rings is 2. The van der Waals surface area contributed by atoms with Crippen molar-refractivity contribution in [1.82, 2.24) is 8.61 Å². The van der Waals surface area contributed by atoms with Crippen LogP contribution >= 0.6 is 0 Å². The van der Waals surface area contributed by atoms with Gasteiger partial charge in [-0.1, -0.05) is 12.8 Å². The molecule has 2 fully saturated rings. The Morgan fingerprint density at radius 2 is 1.04 bits per heavy atom. The Morgan fingerprint density at radius 3 is 1.35 bits per heavy atom. The van der Waals surface area contributed by atoms with Crippen LogP contribution in [0.3, 0.4) is 0 Å². The van der Waals surface area contributed by atoms with Crippen LogP contribution in [0.2, 0.25) is 0 Å². The third kappa shape index (κ3) is 3.69. The average molecular weight is 401 g/mol. The van der Waals surface area contributed by atoms with E-state index < -0.39 is 20.0 Å². The van der Waals surface area contributed by atoms with E-state index in [2.05, 4.69) is 0 Å². The van der Waals surface area contributed by atoms with Gasteiger partial charge in [0.15, 0.2) is 0 Å². The molecule has 0 aromatic heterocycles. The second kappa shape index (κ2) is 7.58. The molecular weight excluding hydrogens is 372 g/mol. The lowest BCUT2D eigenvalue weighted by Gasteiger charge is -2.33. The Labute approximate surface area is 157 Å². The molecule has 0 N–H and O–H groups in total. The minimum atomic E-state index is -3.58. The van der Waals surface area contributed by atoms with Crippen LogP contribution in [-0.2, 0) is 20.0 Å². The standard InChI is InChI=1S/C18H28N2O4S2/c1-15-7-3-5-13-19(15)25(21,22)17-9-11-18(12-10-17)26(23,24)20-14-6-4-8-16(20)2/h9-12,15-16H,3-8,13-14H2,1-2H3/t15-,16-/m1/s1. The molecule has 1 aromatic carbocycles. The smallest absolute Gasteiger partial charge is 0.207 e. The molecule has 3 rings (SSSR count). The highest BCUT2D eigenvalue weighted by Crippen LogP contribution is 2.28. The van der Waals surface area contributed by atoms with Crippen molar-refractivity contribution in [3.05, 3.63) is 24.3 Å². The van der Waals surface area contributed by atoms with Crippen molar-refractivity contribution >= 4 is 20.0 Å². The van der Waals surface area contributed by atoms with Gasteiger partial charge in [0, 0.05) is 25.2 Å². The van der Waals surface area contributed by atoms with E-state index in [1.807, 2.05) is 13.8 Å². The maximum atomic E-state index is 12.9. The summed E-state index contributed by atoms with van der Waals surface area (Å²) in [6.45, 7) is 4.89. The van der Waals surface area contributed by atoms with Gasteiger partial charge in [-0.05, 0) is 63.8 Å². The van der Waals surface area contributed by atoms with Crippen molar-refractivity contribution in [2.24, 2.45) is 0 Å². The molecule has 1 aromatic rings. The molecule has 0 aliphatic carbocycles. The Morgan fingerprint density at radius 1 is 0.692 bits per heavy atom. The van der Waals surface area contributed by atoms with Gasteiger partial charge in [0.05, 0.1) is 9.79 Å². The van der Waals surface area contributed by atoms with Crippen molar-refractivity contribution in [1.29, 1.82) is 0 Å². The molecule has 0 bridgehead atoms. The van der Waals surface area contributed by atoms with Gasteiger partial charge in [-0.15, -0.1) is 0 Å². The first-order valence-electron chi connectivity index (χ1n) is 9.38. The van der Waals surface area contributed by atoms with Gasteiger partial charge < -0.3 is 0 Å². The second-order valence-electron chi connectivity index (χ2n) is 7.39. The van der Waals surface area contributed by atoms with Crippen molar-refractivity contribution in [3.63, 3.8) is 0 Å². The molecule has 146 valence electrons. The first-order chi connectivity index (χ1) is 12.2. The van der Waals surface area contributed by atoms with Gasteiger partial charge in [-0.3, -0.25) is 0 Å². The van der Waals surface area contributed by atoms with E-state index in [1.54, 1.807) is 0 Å². The Balaban J connectivity index is 1.86. The second-order valence-corrected chi connectivity index (χ2v) is 11.2. The third-order valence-electron chi connectivity index (χ3n) is 5.52. The molecule has 0 amide bonds. The van der Waals surface area contributed by atoms with Gasteiger partial charge in [0.25, 0.3) is 0 Å². The molecule has 2 aliphatic heterocycles. The van der Waals surface area contributed by atoms with E-state index in [0.29, 0.717) is 13.1 Å². The van der Waals surface area contributed by atoms with Crippen molar-refractivity contribution < 1.29 is 16.8 Å². The summed E-state index contributed by atoms with van der Waals surface area (Å²) in [5.74, 6) is 0. The predicted molar refractivity (Wildman–Crippen MR) is 101 cm³/mol. The van der Waals surface area contributed by atoms with E-state index in [1.165, 1.54) is 32.9 Å². The minimum Gasteiger partial charge on any atom is -0.207 e. The highest BCUT2D eigenvalue weighted by molar-refractivity contribution is 7.89. The lowest BCUT2D eigenvalue weighted by molar-refractivity contribution is 0.268. The summed E-state index contributed by atoms with van der Waals surface area (Å²) in [6.07, 6.45) is 5.53. The molecule has 0 unspecified atom stereocenters. The van der Waals surface area contributed by atoms with E-state index in [4.69, 9.17) is 0 Å². The molecular formula is C18H28N2O4S2. The lowest BCUT2D eigenvalue weighted by Crippen LogP contribution is -2.42. The van der Waals surface area contributed by atoms with Crippen LogP contribution in [-0.4, -0.2) is 50.6 Å². The summed E-state index contributed by atoms with van der Waals surface area (Å²) in [6, 6.07) is 5.67. The van der Waals surface area contributed by atoms with Crippen LogP contribution in [0.1, 0.15) is 52.4 Å². The van der Waals surface area contributed by atoms with Gasteiger partial charge in [-0.25, -0.2) is 16.8 Å². The number of benzene rings is 1. The summed E-state index contributed by atoms with van der Waals surface area (Å²) in [4.78, 5) is 0.328. The van der Waals surface area contributed by atoms with Crippen LogP contribution < -0.4 is 0 Å². The summed E-state index contributed by atoms with van der Waals surface area (Å²) >= 11 is 0. The highest BCUT2D eigenvalue weighted by Gasteiger charge is 2.33. The van der Waals surface area contributed by atoms with Gasteiger partial charge in [0.1, 0.15) is 0 Å². The maximum absolute atomic E-state index is 12.9. The number of hydrogen-bond donors (Lipinski definition) is 0. The first-order valence-corrected chi connectivity index (χ1v) is 12.3. The molecule has 26 heavy (non-hydrogen) atoms. The average Bonchev–Trinajstić information content (AvgIpc) is 2.62. The molecule has 8 heteroatoms.